The minimum Gasteiger partial charge on any atom is -0.497 e. The number of carboxylic acids is 1. The van der Waals surface area contributed by atoms with Gasteiger partial charge in [-0.05, 0) is 54.4 Å². The highest BCUT2D eigenvalue weighted by Crippen LogP contribution is 2.35. The summed E-state index contributed by atoms with van der Waals surface area (Å²) in [5.41, 5.74) is -0.0592. The zero-order valence-electron chi connectivity index (χ0n) is 15.7. The lowest BCUT2D eigenvalue weighted by molar-refractivity contribution is -0.161. The van der Waals surface area contributed by atoms with E-state index in [0.717, 1.165) is 16.9 Å². The number of methoxy groups -OCH3 is 1. The average molecular weight is 356 g/mol. The Balaban J connectivity index is 2.03. The van der Waals surface area contributed by atoms with Crippen LogP contribution >= 0.6 is 0 Å². The Kier molecular flexibility index (Phi) is 6.43. The normalized spacial score (nSPS) is 13.8. The van der Waals surface area contributed by atoms with Crippen LogP contribution in [0.3, 0.4) is 0 Å². The SMILES string of the molecule is COc1ccc(CCCC(O)(CC(C)(C)c2ccccc2)C(=O)O)cc1. The highest BCUT2D eigenvalue weighted by molar-refractivity contribution is 5.77. The summed E-state index contributed by atoms with van der Waals surface area (Å²) in [7, 11) is 1.62. The minimum absolute atomic E-state index is 0.169. The first-order chi connectivity index (χ1) is 12.3. The molecule has 0 fully saturated rings. The van der Waals surface area contributed by atoms with E-state index in [1.165, 1.54) is 0 Å². The molecule has 4 nitrogen and oxygen atoms in total. The van der Waals surface area contributed by atoms with Crippen LogP contribution in [0.1, 0.15) is 44.2 Å². The Labute approximate surface area is 155 Å². The zero-order valence-corrected chi connectivity index (χ0v) is 15.7. The van der Waals surface area contributed by atoms with Gasteiger partial charge in [0.1, 0.15) is 5.75 Å². The van der Waals surface area contributed by atoms with Crippen LogP contribution in [0, 0.1) is 0 Å². The zero-order chi connectivity index (χ0) is 19.2. The van der Waals surface area contributed by atoms with E-state index in [-0.39, 0.29) is 12.8 Å². The van der Waals surface area contributed by atoms with Gasteiger partial charge in [-0.2, -0.15) is 0 Å². The summed E-state index contributed by atoms with van der Waals surface area (Å²) in [5.74, 6) is -0.364. The van der Waals surface area contributed by atoms with Gasteiger partial charge in [-0.25, -0.2) is 4.79 Å². The predicted octanol–water partition coefficient (Wildman–Crippen LogP) is 4.20. The molecule has 1 atom stereocenters. The summed E-state index contributed by atoms with van der Waals surface area (Å²) >= 11 is 0. The van der Waals surface area contributed by atoms with Gasteiger partial charge in [-0.3, -0.25) is 0 Å². The molecule has 2 rings (SSSR count). The summed E-state index contributed by atoms with van der Waals surface area (Å²) in [6.07, 6.45) is 1.69. The summed E-state index contributed by atoms with van der Waals surface area (Å²) in [6.45, 7) is 3.94. The van der Waals surface area contributed by atoms with Gasteiger partial charge >= 0.3 is 5.97 Å². The molecule has 0 aliphatic rings. The summed E-state index contributed by atoms with van der Waals surface area (Å²) in [4.78, 5) is 11.8. The van der Waals surface area contributed by atoms with Crippen molar-refractivity contribution in [2.45, 2.75) is 50.5 Å². The molecule has 0 heterocycles. The Bertz CT molecular complexity index is 707. The van der Waals surface area contributed by atoms with Crippen LogP contribution in [-0.4, -0.2) is 28.9 Å². The second-order valence-electron chi connectivity index (χ2n) is 7.47. The van der Waals surface area contributed by atoms with E-state index in [2.05, 4.69) is 0 Å². The first kappa shape index (κ1) is 20.0. The monoisotopic (exact) mass is 356 g/mol. The first-order valence-corrected chi connectivity index (χ1v) is 8.91. The molecule has 2 N–H and O–H groups in total. The third kappa shape index (κ3) is 5.09. The van der Waals surface area contributed by atoms with Gasteiger partial charge in [-0.1, -0.05) is 56.3 Å². The van der Waals surface area contributed by atoms with E-state index in [1.807, 2.05) is 68.4 Å². The van der Waals surface area contributed by atoms with Crippen LogP contribution in [0.4, 0.5) is 0 Å². The van der Waals surface area contributed by atoms with Gasteiger partial charge < -0.3 is 14.9 Å². The van der Waals surface area contributed by atoms with Gasteiger partial charge in [0.2, 0.25) is 0 Å². The van der Waals surface area contributed by atoms with Crippen molar-refractivity contribution >= 4 is 5.97 Å². The molecular formula is C22H28O4. The molecule has 0 radical (unpaired) electrons. The fraction of sp³-hybridized carbons (Fsp3) is 0.409. The van der Waals surface area contributed by atoms with Crippen LogP contribution in [0.2, 0.25) is 0 Å². The van der Waals surface area contributed by atoms with Crippen LogP contribution in [0.15, 0.2) is 54.6 Å². The van der Waals surface area contributed by atoms with Gasteiger partial charge in [-0.15, -0.1) is 0 Å². The van der Waals surface area contributed by atoms with Crippen molar-refractivity contribution in [3.63, 3.8) is 0 Å². The largest absolute Gasteiger partial charge is 0.497 e. The number of ether oxygens (including phenoxy) is 1. The summed E-state index contributed by atoms with van der Waals surface area (Å²) in [5, 5.41) is 20.5. The topological polar surface area (TPSA) is 66.8 Å². The second-order valence-corrected chi connectivity index (χ2v) is 7.47. The molecule has 0 aliphatic heterocycles. The quantitative estimate of drug-likeness (QED) is 0.706. The molecule has 26 heavy (non-hydrogen) atoms. The fourth-order valence-corrected chi connectivity index (χ4v) is 3.37. The van der Waals surface area contributed by atoms with Crippen molar-refractivity contribution in [3.8, 4) is 5.75 Å². The lowest BCUT2D eigenvalue weighted by atomic mass is 9.73. The van der Waals surface area contributed by atoms with Gasteiger partial charge in [0.25, 0.3) is 0 Å². The van der Waals surface area contributed by atoms with Crippen LogP contribution < -0.4 is 4.74 Å². The number of benzene rings is 2. The van der Waals surface area contributed by atoms with Crippen molar-refractivity contribution in [1.82, 2.24) is 0 Å². The molecule has 0 aliphatic carbocycles. The summed E-state index contributed by atoms with van der Waals surface area (Å²) in [6, 6.07) is 17.4. The number of carboxylic acid groups (broad SMARTS) is 1. The van der Waals surface area contributed by atoms with E-state index >= 15 is 0 Å². The first-order valence-electron chi connectivity index (χ1n) is 8.91. The lowest BCUT2D eigenvalue weighted by Gasteiger charge is -2.34. The Morgan fingerprint density at radius 3 is 2.19 bits per heavy atom. The van der Waals surface area contributed by atoms with Crippen molar-refractivity contribution in [2.75, 3.05) is 7.11 Å². The minimum atomic E-state index is -1.74. The average Bonchev–Trinajstić information content (AvgIpc) is 2.62. The smallest absolute Gasteiger partial charge is 0.335 e. The van der Waals surface area contributed by atoms with Crippen LogP contribution in [0.5, 0.6) is 5.75 Å². The number of aliphatic carboxylic acids is 1. The number of rotatable bonds is 9. The Morgan fingerprint density at radius 2 is 1.65 bits per heavy atom. The number of aliphatic hydroxyl groups is 1. The molecule has 0 saturated carbocycles. The van der Waals surface area contributed by atoms with Gasteiger partial charge in [0, 0.05) is 0 Å². The molecule has 0 aromatic heterocycles. The van der Waals surface area contributed by atoms with Crippen molar-refractivity contribution in [2.24, 2.45) is 0 Å². The standard InChI is InChI=1S/C22H28O4/c1-21(2,18-9-5-4-6-10-18)16-22(25,20(23)24)15-7-8-17-11-13-19(26-3)14-12-17/h4-6,9-14,25H,7-8,15-16H2,1-3H3,(H,23,24). The molecule has 0 saturated heterocycles. The third-order valence-corrected chi connectivity index (χ3v) is 4.90. The maximum absolute atomic E-state index is 11.8. The summed E-state index contributed by atoms with van der Waals surface area (Å²) < 4.78 is 5.14. The molecule has 1 unspecified atom stereocenters. The molecule has 140 valence electrons. The maximum Gasteiger partial charge on any atom is 0.335 e. The maximum atomic E-state index is 11.8. The molecular weight excluding hydrogens is 328 g/mol. The fourth-order valence-electron chi connectivity index (χ4n) is 3.37. The lowest BCUT2D eigenvalue weighted by Crippen LogP contribution is -2.44. The van der Waals surface area contributed by atoms with E-state index in [0.29, 0.717) is 12.8 Å². The van der Waals surface area contributed by atoms with E-state index < -0.39 is 17.0 Å². The highest BCUT2D eigenvalue weighted by Gasteiger charge is 2.41. The van der Waals surface area contributed by atoms with Crippen molar-refractivity contribution in [3.05, 3.63) is 65.7 Å². The molecule has 0 bridgehead atoms. The van der Waals surface area contributed by atoms with Crippen molar-refractivity contribution < 1.29 is 19.7 Å². The Hall–Kier alpha value is -2.33. The number of carbonyl (C=O) groups is 1. The molecule has 0 amide bonds. The van der Waals surface area contributed by atoms with E-state index in [1.54, 1.807) is 7.11 Å². The highest BCUT2D eigenvalue weighted by atomic mass is 16.5. The van der Waals surface area contributed by atoms with Crippen molar-refractivity contribution in [1.29, 1.82) is 0 Å². The molecule has 2 aromatic carbocycles. The van der Waals surface area contributed by atoms with Gasteiger partial charge in [0.05, 0.1) is 7.11 Å². The second kappa shape index (κ2) is 8.37. The molecule has 2 aromatic rings. The molecule has 4 heteroatoms. The van der Waals surface area contributed by atoms with E-state index in [9.17, 15) is 15.0 Å². The van der Waals surface area contributed by atoms with E-state index in [4.69, 9.17) is 4.74 Å². The predicted molar refractivity (Wildman–Crippen MR) is 103 cm³/mol. The van der Waals surface area contributed by atoms with Crippen LogP contribution in [0.25, 0.3) is 0 Å². The molecule has 0 spiro atoms. The number of hydrogen-bond acceptors (Lipinski definition) is 3. The third-order valence-electron chi connectivity index (χ3n) is 4.90. The number of hydrogen-bond donors (Lipinski definition) is 2. The number of aryl methyl sites for hydroxylation is 1. The van der Waals surface area contributed by atoms with Gasteiger partial charge in [0.15, 0.2) is 5.60 Å². The Morgan fingerprint density at radius 1 is 1.04 bits per heavy atom. The van der Waals surface area contributed by atoms with Crippen LogP contribution in [-0.2, 0) is 16.6 Å².